The molecule has 0 saturated heterocycles. The molecule has 24 heavy (non-hydrogen) atoms. The molecule has 1 N–H and O–H groups in total. The summed E-state index contributed by atoms with van der Waals surface area (Å²) in [5.74, 6) is 0.432. The number of aryl methyl sites for hydroxylation is 2. The first kappa shape index (κ1) is 17.5. The lowest BCUT2D eigenvalue weighted by Crippen LogP contribution is -2.28. The van der Waals surface area contributed by atoms with Gasteiger partial charge in [0.05, 0.1) is 11.5 Å². The number of amides is 1. The predicted molar refractivity (Wildman–Crippen MR) is 91.6 cm³/mol. The van der Waals surface area contributed by atoms with E-state index in [4.69, 9.17) is 4.74 Å². The number of nitro benzene ring substituents is 1. The maximum atomic E-state index is 12.2. The first-order chi connectivity index (χ1) is 11.4. The maximum absolute atomic E-state index is 12.2. The Morgan fingerprint density at radius 1 is 1.21 bits per heavy atom. The average molecular weight is 328 g/mol. The lowest BCUT2D eigenvalue weighted by Gasteiger charge is -2.11. The number of carbonyl (C=O) groups excluding carboxylic acids is 1. The fourth-order valence-corrected chi connectivity index (χ4v) is 2.45. The summed E-state index contributed by atoms with van der Waals surface area (Å²) in [6, 6.07) is 10.4. The van der Waals surface area contributed by atoms with Gasteiger partial charge in [-0.1, -0.05) is 23.8 Å². The third-order valence-corrected chi connectivity index (χ3v) is 3.72. The third kappa shape index (κ3) is 4.10. The molecule has 2 rings (SSSR count). The molecule has 0 radical (unpaired) electrons. The second kappa shape index (κ2) is 7.59. The summed E-state index contributed by atoms with van der Waals surface area (Å²) in [6.07, 6.45) is 0. The van der Waals surface area contributed by atoms with Crippen LogP contribution in [0.4, 0.5) is 5.69 Å². The van der Waals surface area contributed by atoms with E-state index in [1.54, 1.807) is 13.0 Å². The van der Waals surface area contributed by atoms with Crippen molar-refractivity contribution in [2.75, 3.05) is 13.2 Å². The summed E-state index contributed by atoms with van der Waals surface area (Å²) < 4.78 is 5.65. The van der Waals surface area contributed by atoms with Gasteiger partial charge in [0, 0.05) is 17.2 Å². The number of nitrogens with one attached hydrogen (secondary N) is 1. The van der Waals surface area contributed by atoms with Crippen LogP contribution in [-0.4, -0.2) is 24.0 Å². The molecule has 0 spiro atoms. The fraction of sp³-hybridized carbons (Fsp3) is 0.278. The smallest absolute Gasteiger partial charge is 0.273 e. The molecule has 6 nitrogen and oxygen atoms in total. The number of nitrogens with zero attached hydrogens (tertiary/aromatic N) is 1. The van der Waals surface area contributed by atoms with Crippen molar-refractivity contribution in [1.29, 1.82) is 0 Å². The van der Waals surface area contributed by atoms with Crippen LogP contribution in [0, 0.1) is 30.9 Å². The summed E-state index contributed by atoms with van der Waals surface area (Å²) in [6.45, 7) is 6.18. The molecule has 0 saturated carbocycles. The van der Waals surface area contributed by atoms with E-state index in [2.05, 4.69) is 5.32 Å². The van der Waals surface area contributed by atoms with E-state index in [0.717, 1.165) is 16.9 Å². The molecule has 0 aliphatic carbocycles. The number of nitro groups is 1. The summed E-state index contributed by atoms with van der Waals surface area (Å²) in [4.78, 5) is 22.6. The molecule has 6 heteroatoms. The molecule has 0 aliphatic rings. The van der Waals surface area contributed by atoms with Gasteiger partial charge in [-0.05, 0) is 38.5 Å². The van der Waals surface area contributed by atoms with E-state index in [-0.39, 0.29) is 11.6 Å². The van der Waals surface area contributed by atoms with Crippen molar-refractivity contribution in [3.05, 3.63) is 68.8 Å². The van der Waals surface area contributed by atoms with Crippen LogP contribution in [0.3, 0.4) is 0 Å². The lowest BCUT2D eigenvalue weighted by molar-refractivity contribution is -0.385. The van der Waals surface area contributed by atoms with E-state index in [1.165, 1.54) is 12.1 Å². The van der Waals surface area contributed by atoms with Crippen LogP contribution in [0.25, 0.3) is 0 Å². The second-order valence-electron chi connectivity index (χ2n) is 5.58. The zero-order valence-electron chi connectivity index (χ0n) is 14.0. The predicted octanol–water partition coefficient (Wildman–Crippen LogP) is 3.33. The summed E-state index contributed by atoms with van der Waals surface area (Å²) in [5.41, 5.74) is 2.80. The molecule has 0 heterocycles. The Hall–Kier alpha value is -2.89. The standard InChI is InChI=1S/C18H20N2O4/c1-12-7-8-17(13(2)11-12)24-10-9-19-18(21)15-5-4-6-16(14(15)3)20(22)23/h4-8,11H,9-10H2,1-3H3,(H,19,21). The fourth-order valence-electron chi connectivity index (χ4n) is 2.45. The minimum absolute atomic E-state index is 0.0609. The normalized spacial score (nSPS) is 10.3. The molecule has 0 fully saturated rings. The Balaban J connectivity index is 1.92. The molecular weight excluding hydrogens is 308 g/mol. The zero-order chi connectivity index (χ0) is 17.7. The highest BCUT2D eigenvalue weighted by atomic mass is 16.6. The van der Waals surface area contributed by atoms with E-state index >= 15 is 0 Å². The van der Waals surface area contributed by atoms with Crippen molar-refractivity contribution < 1.29 is 14.5 Å². The van der Waals surface area contributed by atoms with Crippen molar-refractivity contribution >= 4 is 11.6 Å². The summed E-state index contributed by atoms with van der Waals surface area (Å²) >= 11 is 0. The number of rotatable bonds is 6. The molecule has 2 aromatic carbocycles. The van der Waals surface area contributed by atoms with Crippen LogP contribution in [0.15, 0.2) is 36.4 Å². The first-order valence-electron chi connectivity index (χ1n) is 7.62. The van der Waals surface area contributed by atoms with Gasteiger partial charge in [0.15, 0.2) is 0 Å². The highest BCUT2D eigenvalue weighted by Crippen LogP contribution is 2.21. The van der Waals surface area contributed by atoms with Gasteiger partial charge in [-0.2, -0.15) is 0 Å². The van der Waals surface area contributed by atoms with Crippen molar-refractivity contribution in [3.63, 3.8) is 0 Å². The Kier molecular flexibility index (Phi) is 5.52. The van der Waals surface area contributed by atoms with Gasteiger partial charge in [0.1, 0.15) is 12.4 Å². The van der Waals surface area contributed by atoms with Crippen LogP contribution < -0.4 is 10.1 Å². The van der Waals surface area contributed by atoms with Crippen LogP contribution in [0.1, 0.15) is 27.0 Å². The number of carbonyl (C=O) groups is 1. The Morgan fingerprint density at radius 3 is 2.62 bits per heavy atom. The van der Waals surface area contributed by atoms with Crippen LogP contribution in [-0.2, 0) is 0 Å². The van der Waals surface area contributed by atoms with Gasteiger partial charge in [-0.25, -0.2) is 0 Å². The van der Waals surface area contributed by atoms with E-state index in [1.807, 2.05) is 32.0 Å². The van der Waals surface area contributed by atoms with E-state index in [9.17, 15) is 14.9 Å². The van der Waals surface area contributed by atoms with E-state index < -0.39 is 4.92 Å². The average Bonchev–Trinajstić information content (AvgIpc) is 2.52. The number of ether oxygens (including phenoxy) is 1. The topological polar surface area (TPSA) is 81.5 Å². The van der Waals surface area contributed by atoms with Crippen molar-refractivity contribution in [3.8, 4) is 5.75 Å². The van der Waals surface area contributed by atoms with Crippen LogP contribution in [0.5, 0.6) is 5.75 Å². The Morgan fingerprint density at radius 2 is 1.96 bits per heavy atom. The molecule has 2 aromatic rings. The number of hydrogen-bond acceptors (Lipinski definition) is 4. The molecule has 0 unspecified atom stereocenters. The minimum atomic E-state index is -0.491. The van der Waals surface area contributed by atoms with Gasteiger partial charge < -0.3 is 10.1 Å². The SMILES string of the molecule is Cc1ccc(OCCNC(=O)c2cccc([N+](=O)[O-])c2C)c(C)c1. The second-order valence-corrected chi connectivity index (χ2v) is 5.58. The summed E-state index contributed by atoms with van der Waals surface area (Å²) in [5, 5.41) is 13.6. The largest absolute Gasteiger partial charge is 0.491 e. The molecule has 0 aliphatic heterocycles. The van der Waals surface area contributed by atoms with E-state index in [0.29, 0.717) is 24.3 Å². The quantitative estimate of drug-likeness (QED) is 0.501. The van der Waals surface area contributed by atoms with Gasteiger partial charge in [0.2, 0.25) is 0 Å². The highest BCUT2D eigenvalue weighted by Gasteiger charge is 2.17. The van der Waals surface area contributed by atoms with Gasteiger partial charge in [-0.3, -0.25) is 14.9 Å². The Bertz CT molecular complexity index is 772. The minimum Gasteiger partial charge on any atom is -0.491 e. The first-order valence-corrected chi connectivity index (χ1v) is 7.62. The number of hydrogen-bond donors (Lipinski definition) is 1. The van der Waals surface area contributed by atoms with Gasteiger partial charge in [-0.15, -0.1) is 0 Å². The molecule has 0 bridgehead atoms. The van der Waals surface area contributed by atoms with Crippen molar-refractivity contribution in [2.24, 2.45) is 0 Å². The maximum Gasteiger partial charge on any atom is 0.273 e. The van der Waals surface area contributed by atoms with Gasteiger partial charge in [0.25, 0.3) is 11.6 Å². The molecule has 0 atom stereocenters. The summed E-state index contributed by atoms with van der Waals surface area (Å²) in [7, 11) is 0. The Labute approximate surface area is 140 Å². The monoisotopic (exact) mass is 328 g/mol. The van der Waals surface area contributed by atoms with Crippen LogP contribution in [0.2, 0.25) is 0 Å². The van der Waals surface area contributed by atoms with Crippen molar-refractivity contribution in [2.45, 2.75) is 20.8 Å². The molecule has 0 aromatic heterocycles. The molecule has 126 valence electrons. The highest BCUT2D eigenvalue weighted by molar-refractivity contribution is 5.96. The molecular formula is C18H20N2O4. The number of benzene rings is 2. The zero-order valence-corrected chi connectivity index (χ0v) is 14.0. The van der Waals surface area contributed by atoms with Crippen LogP contribution >= 0.6 is 0 Å². The van der Waals surface area contributed by atoms with Gasteiger partial charge >= 0.3 is 0 Å². The van der Waals surface area contributed by atoms with Crippen molar-refractivity contribution in [1.82, 2.24) is 5.32 Å². The third-order valence-electron chi connectivity index (χ3n) is 3.72. The molecule has 1 amide bonds. The lowest BCUT2D eigenvalue weighted by atomic mass is 10.1.